The summed E-state index contributed by atoms with van der Waals surface area (Å²) in [6, 6.07) is 8.79. The molecule has 1 heteroatoms. The van der Waals surface area contributed by atoms with Gasteiger partial charge in [0.25, 0.3) is 0 Å². The van der Waals surface area contributed by atoms with Gasteiger partial charge in [0, 0.05) is 25.2 Å². The normalized spacial score (nSPS) is 10.4. The highest BCUT2D eigenvalue weighted by Gasteiger charge is 2.07. The Balaban J connectivity index is 2.61. The number of unbranched alkanes of at least 4 members (excludes halogenated alkanes) is 6. The zero-order chi connectivity index (χ0) is 16.0. The summed E-state index contributed by atoms with van der Waals surface area (Å²) >= 11 is 0. The quantitative estimate of drug-likeness (QED) is 0.347. The van der Waals surface area contributed by atoms with Gasteiger partial charge in [-0.15, -0.1) is 12.3 Å². The van der Waals surface area contributed by atoms with E-state index in [0.717, 1.165) is 6.42 Å². The molecular weight excluding hydrogens is 266 g/mol. The first-order valence-electron chi connectivity index (χ1n) is 9.09. The van der Waals surface area contributed by atoms with E-state index in [1.54, 1.807) is 0 Å². The fraction of sp³-hybridized carbons (Fsp3) is 0.619. The molecule has 22 heavy (non-hydrogen) atoms. The van der Waals surface area contributed by atoms with E-state index in [4.69, 9.17) is 6.42 Å². The van der Waals surface area contributed by atoms with Gasteiger partial charge in [-0.1, -0.05) is 64.5 Å². The Hall–Kier alpha value is -1.42. The van der Waals surface area contributed by atoms with Gasteiger partial charge in [-0.05, 0) is 30.5 Å². The van der Waals surface area contributed by atoms with Gasteiger partial charge in [-0.25, -0.2) is 0 Å². The van der Waals surface area contributed by atoms with E-state index in [-0.39, 0.29) is 0 Å². The van der Waals surface area contributed by atoms with Crippen LogP contribution in [0, 0.1) is 12.3 Å². The third-order valence-corrected chi connectivity index (χ3v) is 4.15. The highest BCUT2D eigenvalue weighted by Crippen LogP contribution is 2.19. The van der Waals surface area contributed by atoms with E-state index in [2.05, 4.69) is 48.9 Å². The molecule has 0 spiro atoms. The van der Waals surface area contributed by atoms with E-state index in [9.17, 15) is 0 Å². The second-order valence-electron chi connectivity index (χ2n) is 6.16. The molecule has 0 heterocycles. The van der Waals surface area contributed by atoms with Crippen molar-refractivity contribution in [1.82, 2.24) is 0 Å². The maximum absolute atomic E-state index is 5.45. The number of nitrogens with zero attached hydrogens (tertiary/aromatic N) is 1. The second-order valence-corrected chi connectivity index (χ2v) is 6.16. The van der Waals surface area contributed by atoms with Gasteiger partial charge in [0.05, 0.1) is 0 Å². The Kier molecular flexibility index (Phi) is 10.3. The van der Waals surface area contributed by atoms with Crippen molar-refractivity contribution < 1.29 is 0 Å². The van der Waals surface area contributed by atoms with Crippen LogP contribution >= 0.6 is 0 Å². The molecule has 0 aliphatic carbocycles. The lowest BCUT2D eigenvalue weighted by atomic mass is 10.1. The summed E-state index contributed by atoms with van der Waals surface area (Å²) < 4.78 is 0. The van der Waals surface area contributed by atoms with Crippen LogP contribution in [0.3, 0.4) is 0 Å². The summed E-state index contributed by atoms with van der Waals surface area (Å²) in [6.07, 6.45) is 16.7. The van der Waals surface area contributed by atoms with Crippen molar-refractivity contribution in [2.45, 2.75) is 71.6 Å². The Morgan fingerprint density at radius 1 is 0.909 bits per heavy atom. The van der Waals surface area contributed by atoms with Crippen LogP contribution in [-0.4, -0.2) is 13.1 Å². The monoisotopic (exact) mass is 299 g/mol. The Morgan fingerprint density at radius 2 is 1.55 bits per heavy atom. The first kappa shape index (κ1) is 18.6. The third kappa shape index (κ3) is 7.55. The number of benzene rings is 1. The van der Waals surface area contributed by atoms with Gasteiger partial charge in [0.15, 0.2) is 0 Å². The van der Waals surface area contributed by atoms with Crippen molar-refractivity contribution in [1.29, 1.82) is 0 Å². The molecule has 0 radical (unpaired) electrons. The maximum atomic E-state index is 5.45. The molecule has 0 amide bonds. The van der Waals surface area contributed by atoms with Crippen LogP contribution in [0.2, 0.25) is 0 Å². The van der Waals surface area contributed by atoms with Crippen LogP contribution in [0.25, 0.3) is 0 Å². The molecule has 0 atom stereocenters. The van der Waals surface area contributed by atoms with E-state index in [0.29, 0.717) is 0 Å². The molecule has 0 aromatic heterocycles. The lowest BCUT2D eigenvalue weighted by Crippen LogP contribution is -2.25. The highest BCUT2D eigenvalue weighted by atomic mass is 15.1. The van der Waals surface area contributed by atoms with Crippen molar-refractivity contribution in [2.75, 3.05) is 18.0 Å². The number of terminal acetylenes is 1. The van der Waals surface area contributed by atoms with E-state index >= 15 is 0 Å². The molecule has 1 nitrogen and oxygen atoms in total. The summed E-state index contributed by atoms with van der Waals surface area (Å²) in [5.74, 6) is 2.75. The minimum atomic E-state index is 0.730. The van der Waals surface area contributed by atoms with Crippen LogP contribution in [0.4, 0.5) is 5.69 Å². The lowest BCUT2D eigenvalue weighted by molar-refractivity contribution is 0.609. The number of rotatable bonds is 12. The molecule has 0 N–H and O–H groups in total. The molecule has 0 fully saturated rings. The number of hydrogen-bond donors (Lipinski definition) is 0. The highest BCUT2D eigenvalue weighted by molar-refractivity contribution is 5.49. The first-order chi connectivity index (χ1) is 10.8. The zero-order valence-electron chi connectivity index (χ0n) is 14.6. The Bertz CT molecular complexity index is 418. The van der Waals surface area contributed by atoms with Crippen molar-refractivity contribution >= 4 is 5.69 Å². The fourth-order valence-electron chi connectivity index (χ4n) is 2.81. The van der Waals surface area contributed by atoms with Crippen LogP contribution < -0.4 is 4.90 Å². The third-order valence-electron chi connectivity index (χ3n) is 4.15. The molecule has 1 aromatic carbocycles. The molecule has 0 aliphatic rings. The van der Waals surface area contributed by atoms with Gasteiger partial charge in [0.1, 0.15) is 0 Å². The summed E-state index contributed by atoms with van der Waals surface area (Å²) in [7, 11) is 0. The molecular formula is C21H33N. The average Bonchev–Trinajstić information content (AvgIpc) is 2.54. The largest absolute Gasteiger partial charge is 0.372 e. The van der Waals surface area contributed by atoms with Gasteiger partial charge < -0.3 is 4.90 Å². The van der Waals surface area contributed by atoms with Gasteiger partial charge in [-0.3, -0.25) is 0 Å². The van der Waals surface area contributed by atoms with Crippen molar-refractivity contribution in [3.8, 4) is 12.3 Å². The second kappa shape index (κ2) is 12.2. The molecule has 1 aromatic rings. The summed E-state index contributed by atoms with van der Waals surface area (Å²) in [5.41, 5.74) is 2.60. The molecule has 0 bridgehead atoms. The van der Waals surface area contributed by atoms with Gasteiger partial charge in [0.2, 0.25) is 0 Å². The Labute approximate surface area is 138 Å². The molecule has 0 aliphatic heterocycles. The number of hydrogen-bond acceptors (Lipinski definition) is 1. The Morgan fingerprint density at radius 3 is 2.09 bits per heavy atom. The maximum Gasteiger partial charge on any atom is 0.0369 e. The van der Waals surface area contributed by atoms with Crippen molar-refractivity contribution in [2.24, 2.45) is 0 Å². The SMILES string of the molecule is C#CCc1cccc(N(CCCCCC)CCCCCC)c1. The van der Waals surface area contributed by atoms with Crippen molar-refractivity contribution in [3.05, 3.63) is 29.8 Å². The molecule has 1 rings (SSSR count). The minimum Gasteiger partial charge on any atom is -0.372 e. The summed E-state index contributed by atoms with van der Waals surface area (Å²) in [5, 5.41) is 0. The minimum absolute atomic E-state index is 0.730. The van der Waals surface area contributed by atoms with Crippen LogP contribution in [0.1, 0.15) is 70.8 Å². The van der Waals surface area contributed by atoms with Gasteiger partial charge >= 0.3 is 0 Å². The van der Waals surface area contributed by atoms with Gasteiger partial charge in [-0.2, -0.15) is 0 Å². The van der Waals surface area contributed by atoms with Crippen molar-refractivity contribution in [3.63, 3.8) is 0 Å². The molecule has 0 unspecified atom stereocenters. The smallest absolute Gasteiger partial charge is 0.0369 e. The molecule has 0 saturated heterocycles. The van der Waals surface area contributed by atoms with E-state index < -0.39 is 0 Å². The van der Waals surface area contributed by atoms with Crippen LogP contribution in [-0.2, 0) is 6.42 Å². The van der Waals surface area contributed by atoms with Crippen LogP contribution in [0.15, 0.2) is 24.3 Å². The molecule has 122 valence electrons. The fourth-order valence-corrected chi connectivity index (χ4v) is 2.81. The average molecular weight is 300 g/mol. The number of anilines is 1. The van der Waals surface area contributed by atoms with E-state index in [1.165, 1.54) is 75.7 Å². The summed E-state index contributed by atoms with van der Waals surface area (Å²) in [4.78, 5) is 2.56. The standard InChI is InChI=1S/C21H33N/c1-4-7-9-11-17-22(18-12-10-8-5-2)21-16-13-15-20(19-21)14-6-3/h3,13,15-16,19H,4-5,7-12,14,17-18H2,1-2H3. The summed E-state index contributed by atoms with van der Waals surface area (Å²) in [6.45, 7) is 6.88. The predicted molar refractivity (Wildman–Crippen MR) is 99.5 cm³/mol. The zero-order valence-corrected chi connectivity index (χ0v) is 14.6. The first-order valence-corrected chi connectivity index (χ1v) is 9.09. The molecule has 0 saturated carbocycles. The topological polar surface area (TPSA) is 3.24 Å². The predicted octanol–water partition coefficient (Wildman–Crippen LogP) is 5.83. The lowest BCUT2D eigenvalue weighted by Gasteiger charge is -2.25. The van der Waals surface area contributed by atoms with E-state index in [1.807, 2.05) is 0 Å². The van der Waals surface area contributed by atoms with Crippen LogP contribution in [0.5, 0.6) is 0 Å².